The minimum Gasteiger partial charge on any atom is -0.535 e. The first-order valence-corrected chi connectivity index (χ1v) is 7.39. The standard InChI is InChI=1S/C15H12BFO7/c1-6-11(23-15(19)22-6)5-21-14(18)12-10(17)3-2-7-8-4-9(8)16(20)24-13(7)12/h2-3,8-9,20H,4-5H2,1H3. The molecule has 2 heterocycles. The molecule has 2 aliphatic rings. The van der Waals surface area contributed by atoms with Crippen LogP contribution in [0.5, 0.6) is 5.75 Å². The van der Waals surface area contributed by atoms with Gasteiger partial charge in [-0.15, -0.1) is 0 Å². The maximum absolute atomic E-state index is 14.2. The summed E-state index contributed by atoms with van der Waals surface area (Å²) in [6.45, 7) is 1.10. The highest BCUT2D eigenvalue weighted by Crippen LogP contribution is 2.60. The van der Waals surface area contributed by atoms with Gasteiger partial charge in [-0.3, -0.25) is 0 Å². The van der Waals surface area contributed by atoms with Crippen LogP contribution in [0.4, 0.5) is 4.39 Å². The van der Waals surface area contributed by atoms with Crippen LogP contribution in [-0.2, 0) is 11.3 Å². The van der Waals surface area contributed by atoms with Crippen LogP contribution < -0.4 is 10.5 Å². The number of fused-ring (bicyclic) bond motifs is 3. The molecule has 0 radical (unpaired) electrons. The monoisotopic (exact) mass is 334 g/mol. The molecule has 24 heavy (non-hydrogen) atoms. The predicted octanol–water partition coefficient (Wildman–Crippen LogP) is 1.77. The van der Waals surface area contributed by atoms with E-state index in [1.807, 2.05) is 0 Å². The summed E-state index contributed by atoms with van der Waals surface area (Å²) in [5, 5.41) is 9.85. The van der Waals surface area contributed by atoms with Crippen molar-refractivity contribution in [3.8, 4) is 5.75 Å². The lowest BCUT2D eigenvalue weighted by Crippen LogP contribution is -2.28. The lowest BCUT2D eigenvalue weighted by molar-refractivity contribution is 0.0434. The van der Waals surface area contributed by atoms with Gasteiger partial charge in [0.25, 0.3) is 0 Å². The molecule has 124 valence electrons. The van der Waals surface area contributed by atoms with Crippen molar-refractivity contribution in [2.75, 3.05) is 0 Å². The van der Waals surface area contributed by atoms with E-state index in [-0.39, 0.29) is 41.2 Å². The van der Waals surface area contributed by atoms with Gasteiger partial charge < -0.3 is 23.2 Å². The van der Waals surface area contributed by atoms with Gasteiger partial charge in [0.2, 0.25) is 0 Å². The van der Waals surface area contributed by atoms with E-state index in [9.17, 15) is 19.0 Å². The molecule has 1 N–H and O–H groups in total. The van der Waals surface area contributed by atoms with Gasteiger partial charge in [-0.05, 0) is 30.9 Å². The van der Waals surface area contributed by atoms with E-state index in [1.54, 1.807) is 6.07 Å². The fourth-order valence-electron chi connectivity index (χ4n) is 2.99. The van der Waals surface area contributed by atoms with E-state index >= 15 is 0 Å². The molecule has 0 bridgehead atoms. The van der Waals surface area contributed by atoms with Crippen molar-refractivity contribution in [1.82, 2.24) is 0 Å². The van der Waals surface area contributed by atoms with Crippen LogP contribution in [0.25, 0.3) is 0 Å². The Balaban J connectivity index is 1.62. The summed E-state index contributed by atoms with van der Waals surface area (Å²) in [6.07, 6.45) is 0.730. The van der Waals surface area contributed by atoms with Crippen molar-refractivity contribution in [3.63, 3.8) is 0 Å². The van der Waals surface area contributed by atoms with Crippen molar-refractivity contribution < 1.29 is 32.4 Å². The smallest absolute Gasteiger partial charge is 0.526 e. The van der Waals surface area contributed by atoms with E-state index in [1.165, 1.54) is 13.0 Å². The topological polar surface area (TPSA) is 99.1 Å². The van der Waals surface area contributed by atoms with Gasteiger partial charge in [0.1, 0.15) is 17.1 Å². The van der Waals surface area contributed by atoms with Crippen molar-refractivity contribution >= 4 is 13.1 Å². The average molecular weight is 334 g/mol. The van der Waals surface area contributed by atoms with Crippen LogP contribution >= 0.6 is 0 Å². The number of hydrogen-bond donors (Lipinski definition) is 1. The quantitative estimate of drug-likeness (QED) is 0.674. The molecule has 2 aromatic rings. The summed E-state index contributed by atoms with van der Waals surface area (Å²) in [5.41, 5.74) is 0.310. The SMILES string of the molecule is Cc1oc(=O)oc1COC(=O)c1c(F)ccc2c1OB(O)C1CC21. The molecule has 7 nitrogen and oxygen atoms in total. The molecule has 4 rings (SSSR count). The summed E-state index contributed by atoms with van der Waals surface area (Å²) in [5.74, 6) is -2.42. The second-order valence-electron chi connectivity index (χ2n) is 5.86. The molecule has 1 aromatic heterocycles. The molecular weight excluding hydrogens is 322 g/mol. The van der Waals surface area contributed by atoms with Gasteiger partial charge in [-0.25, -0.2) is 14.0 Å². The maximum Gasteiger partial charge on any atom is 0.526 e. The normalized spacial score (nSPS) is 20.9. The van der Waals surface area contributed by atoms with Crippen LogP contribution in [0.15, 0.2) is 25.8 Å². The number of aryl methyl sites for hydroxylation is 1. The van der Waals surface area contributed by atoms with Gasteiger partial charge in [-0.2, -0.15) is 0 Å². The second-order valence-corrected chi connectivity index (χ2v) is 5.86. The zero-order valence-corrected chi connectivity index (χ0v) is 12.6. The van der Waals surface area contributed by atoms with E-state index in [4.69, 9.17) is 13.8 Å². The first-order valence-electron chi connectivity index (χ1n) is 7.39. The minimum absolute atomic E-state index is 0.0108. The van der Waals surface area contributed by atoms with Crippen molar-refractivity contribution in [3.05, 3.63) is 51.2 Å². The number of carbonyl (C=O) groups is 1. The number of benzene rings is 1. The summed E-state index contributed by atoms with van der Waals surface area (Å²) >= 11 is 0. The zero-order chi connectivity index (χ0) is 17.0. The number of halogens is 1. The van der Waals surface area contributed by atoms with Crippen LogP contribution in [0.2, 0.25) is 5.82 Å². The summed E-state index contributed by atoms with van der Waals surface area (Å²) < 4.78 is 33.9. The Kier molecular flexibility index (Phi) is 3.27. The van der Waals surface area contributed by atoms with Gasteiger partial charge in [-0.1, -0.05) is 6.07 Å². The fourth-order valence-corrected chi connectivity index (χ4v) is 2.99. The number of hydrogen-bond acceptors (Lipinski definition) is 7. The number of rotatable bonds is 3. The third-order valence-corrected chi connectivity index (χ3v) is 4.36. The van der Waals surface area contributed by atoms with Crippen molar-refractivity contribution in [2.45, 2.75) is 31.7 Å². The summed E-state index contributed by atoms with van der Waals surface area (Å²) in [6, 6.07) is 2.73. The van der Waals surface area contributed by atoms with Gasteiger partial charge in [0, 0.05) is 5.82 Å². The molecule has 1 aliphatic carbocycles. The van der Waals surface area contributed by atoms with Crippen molar-refractivity contribution in [1.29, 1.82) is 0 Å². The zero-order valence-electron chi connectivity index (χ0n) is 12.6. The minimum atomic E-state index is -1.06. The molecular formula is C15H12BFO7. The Bertz CT molecular complexity index is 886. The highest BCUT2D eigenvalue weighted by atomic mass is 19.1. The Labute approximate surface area is 135 Å². The van der Waals surface area contributed by atoms with Gasteiger partial charge in [0.15, 0.2) is 18.1 Å². The number of carbonyl (C=O) groups excluding carboxylic acids is 1. The third-order valence-electron chi connectivity index (χ3n) is 4.36. The predicted molar refractivity (Wildman–Crippen MR) is 77.2 cm³/mol. The highest BCUT2D eigenvalue weighted by molar-refractivity contribution is 6.48. The third kappa shape index (κ3) is 2.32. The molecule has 1 aliphatic heterocycles. The number of ether oxygens (including phenoxy) is 1. The molecule has 0 saturated heterocycles. The van der Waals surface area contributed by atoms with Gasteiger partial charge >= 0.3 is 18.9 Å². The van der Waals surface area contributed by atoms with E-state index in [2.05, 4.69) is 4.42 Å². The second kappa shape index (κ2) is 5.24. The summed E-state index contributed by atoms with van der Waals surface area (Å²) in [4.78, 5) is 23.2. The lowest BCUT2D eigenvalue weighted by Gasteiger charge is -2.21. The molecule has 2 unspecified atom stereocenters. The highest BCUT2D eigenvalue weighted by Gasteiger charge is 2.54. The van der Waals surface area contributed by atoms with E-state index in [0.29, 0.717) is 5.56 Å². The molecule has 1 fully saturated rings. The summed E-state index contributed by atoms with van der Waals surface area (Å²) in [7, 11) is -1.06. The van der Waals surface area contributed by atoms with Crippen LogP contribution in [0.3, 0.4) is 0 Å². The molecule has 0 spiro atoms. The fraction of sp³-hybridized carbons (Fsp3) is 0.333. The van der Waals surface area contributed by atoms with E-state index < -0.39 is 24.7 Å². The first-order chi connectivity index (χ1) is 11.5. The number of esters is 1. The maximum atomic E-state index is 14.2. The largest absolute Gasteiger partial charge is 0.535 e. The van der Waals surface area contributed by atoms with Crippen LogP contribution in [0.1, 0.15) is 39.8 Å². The average Bonchev–Trinajstić information content (AvgIpc) is 3.26. The molecule has 2 atom stereocenters. The molecule has 1 saturated carbocycles. The Hall–Kier alpha value is -2.55. The van der Waals surface area contributed by atoms with E-state index in [0.717, 1.165) is 6.42 Å². The van der Waals surface area contributed by atoms with Crippen molar-refractivity contribution in [2.24, 2.45) is 0 Å². The molecule has 9 heteroatoms. The first kappa shape index (κ1) is 15.0. The Morgan fingerprint density at radius 2 is 2.25 bits per heavy atom. The Morgan fingerprint density at radius 3 is 2.96 bits per heavy atom. The van der Waals surface area contributed by atoms with Gasteiger partial charge in [0.05, 0.1) is 0 Å². The lowest BCUT2D eigenvalue weighted by atomic mass is 9.77. The molecule has 0 amide bonds. The van der Waals surface area contributed by atoms with Crippen LogP contribution in [-0.4, -0.2) is 18.1 Å². The van der Waals surface area contributed by atoms with Crippen LogP contribution in [0, 0.1) is 12.7 Å². The molecule has 1 aromatic carbocycles. The Morgan fingerprint density at radius 1 is 1.46 bits per heavy atom.